The van der Waals surface area contributed by atoms with Crippen LogP contribution in [0.15, 0.2) is 18.3 Å². The maximum Gasteiger partial charge on any atom is 0.172 e. The Morgan fingerprint density at radius 3 is 2.47 bits per heavy atom. The first kappa shape index (κ1) is 11.9. The summed E-state index contributed by atoms with van der Waals surface area (Å²) < 4.78 is 0. The molecular weight excluding hydrogens is 206 g/mol. The van der Waals surface area contributed by atoms with Crippen LogP contribution in [0.25, 0.3) is 0 Å². The number of rotatable bonds is 1. The van der Waals surface area contributed by atoms with Gasteiger partial charge in [0.05, 0.1) is 0 Å². The number of nitrogens with zero attached hydrogens (tertiary/aromatic N) is 1. The zero-order valence-corrected chi connectivity index (χ0v) is 10.4. The lowest BCUT2D eigenvalue weighted by atomic mass is 10.1. The van der Waals surface area contributed by atoms with Crippen molar-refractivity contribution < 1.29 is 0 Å². The third-order valence-corrected chi connectivity index (χ3v) is 1.85. The van der Waals surface area contributed by atoms with Crippen molar-refractivity contribution in [2.75, 3.05) is 5.32 Å². The maximum atomic E-state index is 5.15. The van der Waals surface area contributed by atoms with E-state index >= 15 is 0 Å². The summed E-state index contributed by atoms with van der Waals surface area (Å²) in [4.78, 5) is 4.21. The number of hydrogen-bond donors (Lipinski definition) is 2. The summed E-state index contributed by atoms with van der Waals surface area (Å²) in [5.41, 5.74) is 1.10. The van der Waals surface area contributed by atoms with Crippen molar-refractivity contribution in [1.82, 2.24) is 10.3 Å². The SMILES string of the molecule is Cc1ccc(NC(=S)NC(C)(C)C)nc1. The molecule has 4 heteroatoms. The van der Waals surface area contributed by atoms with Gasteiger partial charge in [0.25, 0.3) is 0 Å². The molecular formula is C11H17N3S. The summed E-state index contributed by atoms with van der Waals surface area (Å²) in [6.07, 6.45) is 1.81. The first-order chi connectivity index (χ1) is 6.87. The van der Waals surface area contributed by atoms with Crippen molar-refractivity contribution in [3.05, 3.63) is 23.9 Å². The second-order valence-corrected chi connectivity index (χ2v) is 4.96. The van der Waals surface area contributed by atoms with E-state index in [1.807, 2.05) is 25.3 Å². The van der Waals surface area contributed by atoms with Crippen molar-refractivity contribution in [3.63, 3.8) is 0 Å². The molecule has 0 radical (unpaired) electrons. The first-order valence-electron chi connectivity index (χ1n) is 4.89. The Morgan fingerprint density at radius 2 is 2.00 bits per heavy atom. The predicted octanol–water partition coefficient (Wildman–Crippen LogP) is 2.47. The van der Waals surface area contributed by atoms with E-state index in [1.165, 1.54) is 0 Å². The molecule has 0 saturated heterocycles. The summed E-state index contributed by atoms with van der Waals surface area (Å²) in [5.74, 6) is 0.766. The zero-order chi connectivity index (χ0) is 11.5. The Morgan fingerprint density at radius 1 is 1.33 bits per heavy atom. The van der Waals surface area contributed by atoms with Crippen LogP contribution in [-0.4, -0.2) is 15.6 Å². The Kier molecular flexibility index (Phi) is 3.63. The topological polar surface area (TPSA) is 37.0 Å². The molecule has 0 atom stereocenters. The monoisotopic (exact) mass is 223 g/mol. The van der Waals surface area contributed by atoms with E-state index in [1.54, 1.807) is 0 Å². The van der Waals surface area contributed by atoms with Crippen LogP contribution in [0.3, 0.4) is 0 Å². The molecule has 0 unspecified atom stereocenters. The lowest BCUT2D eigenvalue weighted by molar-refractivity contribution is 0.515. The molecule has 1 heterocycles. The minimum Gasteiger partial charge on any atom is -0.358 e. The summed E-state index contributed by atoms with van der Waals surface area (Å²) in [6.45, 7) is 8.18. The highest BCUT2D eigenvalue weighted by atomic mass is 32.1. The summed E-state index contributed by atoms with van der Waals surface area (Å²) in [5, 5.41) is 6.79. The molecule has 1 rings (SSSR count). The van der Waals surface area contributed by atoms with Gasteiger partial charge >= 0.3 is 0 Å². The highest BCUT2D eigenvalue weighted by Gasteiger charge is 2.10. The number of aryl methyl sites for hydroxylation is 1. The van der Waals surface area contributed by atoms with Crippen LogP contribution in [-0.2, 0) is 0 Å². The quantitative estimate of drug-likeness (QED) is 0.717. The first-order valence-corrected chi connectivity index (χ1v) is 5.29. The molecule has 0 aliphatic carbocycles. The maximum absolute atomic E-state index is 5.15. The molecule has 2 N–H and O–H groups in total. The van der Waals surface area contributed by atoms with Crippen molar-refractivity contribution in [3.8, 4) is 0 Å². The van der Waals surface area contributed by atoms with Gasteiger partial charge < -0.3 is 10.6 Å². The van der Waals surface area contributed by atoms with Crippen molar-refractivity contribution >= 4 is 23.1 Å². The number of thiocarbonyl (C=S) groups is 1. The van der Waals surface area contributed by atoms with Crippen molar-refractivity contribution in [1.29, 1.82) is 0 Å². The number of pyridine rings is 1. The second-order valence-electron chi connectivity index (χ2n) is 4.55. The molecule has 0 fully saturated rings. The molecule has 3 nitrogen and oxygen atoms in total. The smallest absolute Gasteiger partial charge is 0.172 e. The molecule has 0 amide bonds. The summed E-state index contributed by atoms with van der Waals surface area (Å²) in [6, 6.07) is 3.90. The third-order valence-electron chi connectivity index (χ3n) is 1.64. The van der Waals surface area contributed by atoms with Crippen LogP contribution < -0.4 is 10.6 Å². The van der Waals surface area contributed by atoms with Gasteiger partial charge in [-0.1, -0.05) is 6.07 Å². The lowest BCUT2D eigenvalue weighted by Gasteiger charge is -2.22. The number of aromatic nitrogens is 1. The molecule has 1 aromatic heterocycles. The molecule has 82 valence electrons. The van der Waals surface area contributed by atoms with Crippen molar-refractivity contribution in [2.24, 2.45) is 0 Å². The largest absolute Gasteiger partial charge is 0.358 e. The van der Waals surface area contributed by atoms with Gasteiger partial charge in [0, 0.05) is 11.7 Å². The fourth-order valence-corrected chi connectivity index (χ4v) is 1.44. The van der Waals surface area contributed by atoms with E-state index in [9.17, 15) is 0 Å². The van der Waals surface area contributed by atoms with E-state index in [0.29, 0.717) is 5.11 Å². The van der Waals surface area contributed by atoms with E-state index in [2.05, 4.69) is 36.4 Å². The van der Waals surface area contributed by atoms with Gasteiger partial charge in [0.1, 0.15) is 5.82 Å². The van der Waals surface area contributed by atoms with E-state index in [-0.39, 0.29) is 5.54 Å². The van der Waals surface area contributed by atoms with Crippen LogP contribution >= 0.6 is 12.2 Å². The highest BCUT2D eigenvalue weighted by molar-refractivity contribution is 7.80. The van der Waals surface area contributed by atoms with Gasteiger partial charge in [-0.2, -0.15) is 0 Å². The molecule has 1 aromatic rings. The number of hydrogen-bond acceptors (Lipinski definition) is 2. The number of anilines is 1. The molecule has 0 spiro atoms. The van der Waals surface area contributed by atoms with Gasteiger partial charge in [-0.3, -0.25) is 0 Å². The summed E-state index contributed by atoms with van der Waals surface area (Å²) >= 11 is 5.15. The molecule has 0 bridgehead atoms. The number of nitrogens with one attached hydrogen (secondary N) is 2. The zero-order valence-electron chi connectivity index (χ0n) is 9.59. The van der Waals surface area contributed by atoms with E-state index in [4.69, 9.17) is 12.2 Å². The normalized spacial score (nSPS) is 10.9. The van der Waals surface area contributed by atoms with Crippen LogP contribution in [0.1, 0.15) is 26.3 Å². The van der Waals surface area contributed by atoms with Crippen LogP contribution in [0, 0.1) is 6.92 Å². The predicted molar refractivity (Wildman–Crippen MR) is 68.1 cm³/mol. The van der Waals surface area contributed by atoms with Crippen LogP contribution in [0.2, 0.25) is 0 Å². The summed E-state index contributed by atoms with van der Waals surface area (Å²) in [7, 11) is 0. The highest BCUT2D eigenvalue weighted by Crippen LogP contribution is 2.05. The van der Waals surface area contributed by atoms with E-state index < -0.39 is 0 Å². The Labute approximate surface area is 96.3 Å². The molecule has 0 aliphatic heterocycles. The van der Waals surface area contributed by atoms with Gasteiger partial charge in [-0.25, -0.2) is 4.98 Å². The molecule has 0 aliphatic rings. The van der Waals surface area contributed by atoms with Crippen LogP contribution in [0.5, 0.6) is 0 Å². The third kappa shape index (κ3) is 4.74. The van der Waals surface area contributed by atoms with Gasteiger partial charge in [0.2, 0.25) is 0 Å². The fraction of sp³-hybridized carbons (Fsp3) is 0.455. The van der Waals surface area contributed by atoms with Gasteiger partial charge in [0.15, 0.2) is 5.11 Å². The van der Waals surface area contributed by atoms with Gasteiger partial charge in [-0.15, -0.1) is 0 Å². The Bertz CT molecular complexity index is 338. The Balaban J connectivity index is 2.55. The second kappa shape index (κ2) is 4.57. The van der Waals surface area contributed by atoms with Gasteiger partial charge in [-0.05, 0) is 51.5 Å². The fourth-order valence-electron chi connectivity index (χ4n) is 1.03. The minimum absolute atomic E-state index is 0.0330. The van der Waals surface area contributed by atoms with Crippen LogP contribution in [0.4, 0.5) is 5.82 Å². The lowest BCUT2D eigenvalue weighted by Crippen LogP contribution is -2.43. The van der Waals surface area contributed by atoms with E-state index in [0.717, 1.165) is 11.4 Å². The average Bonchev–Trinajstić information content (AvgIpc) is 2.05. The molecule has 0 aromatic carbocycles. The van der Waals surface area contributed by atoms with Crippen molar-refractivity contribution in [2.45, 2.75) is 33.2 Å². The minimum atomic E-state index is -0.0330. The molecule has 0 saturated carbocycles. The molecule has 15 heavy (non-hydrogen) atoms. The average molecular weight is 223 g/mol. The Hall–Kier alpha value is -1.16. The standard InChI is InChI=1S/C11H17N3S/c1-8-5-6-9(12-7-8)13-10(15)14-11(2,3)4/h5-7H,1-4H3,(H2,12,13,14,15).